The average molecular weight is 258 g/mol. The van der Waals surface area contributed by atoms with Crippen molar-refractivity contribution in [3.63, 3.8) is 0 Å². The van der Waals surface area contributed by atoms with Crippen LogP contribution in [0.2, 0.25) is 0 Å². The lowest BCUT2D eigenvalue weighted by atomic mass is 9.84. The van der Waals surface area contributed by atoms with Gasteiger partial charge in [0.2, 0.25) is 0 Å². The van der Waals surface area contributed by atoms with Crippen molar-refractivity contribution in [1.29, 1.82) is 0 Å². The van der Waals surface area contributed by atoms with Gasteiger partial charge in [-0.3, -0.25) is 0 Å². The third-order valence-electron chi connectivity index (χ3n) is 3.38. The molecule has 2 N–H and O–H groups in total. The summed E-state index contributed by atoms with van der Waals surface area (Å²) in [4.78, 5) is 2.52. The Bertz CT molecular complexity index is 193. The van der Waals surface area contributed by atoms with Crippen LogP contribution in [0.5, 0.6) is 0 Å². The van der Waals surface area contributed by atoms with Gasteiger partial charge in [-0.25, -0.2) is 0 Å². The molecule has 18 heavy (non-hydrogen) atoms. The highest BCUT2D eigenvalue weighted by molar-refractivity contribution is 4.70. The van der Waals surface area contributed by atoms with Gasteiger partial charge >= 0.3 is 0 Å². The average Bonchev–Trinajstić information content (AvgIpc) is 2.24. The fourth-order valence-corrected chi connectivity index (χ4v) is 2.33. The van der Waals surface area contributed by atoms with E-state index in [4.69, 9.17) is 10.5 Å². The molecule has 0 aliphatic carbocycles. The molecule has 0 bridgehead atoms. The summed E-state index contributed by atoms with van der Waals surface area (Å²) in [6.07, 6.45) is 3.63. The second kappa shape index (κ2) is 9.76. The van der Waals surface area contributed by atoms with Crippen LogP contribution >= 0.6 is 0 Å². The zero-order chi connectivity index (χ0) is 14.0. The Morgan fingerprint density at radius 1 is 1.17 bits per heavy atom. The predicted molar refractivity (Wildman–Crippen MR) is 79.8 cm³/mol. The van der Waals surface area contributed by atoms with E-state index in [0.29, 0.717) is 5.41 Å². The first-order valence-corrected chi connectivity index (χ1v) is 7.32. The molecule has 0 aromatic carbocycles. The van der Waals surface area contributed by atoms with Gasteiger partial charge in [0.1, 0.15) is 0 Å². The number of nitrogens with two attached hydrogens (primary N) is 1. The van der Waals surface area contributed by atoms with Crippen LogP contribution in [0, 0.1) is 11.3 Å². The molecule has 0 aliphatic rings. The van der Waals surface area contributed by atoms with Crippen LogP contribution in [0.15, 0.2) is 0 Å². The highest BCUT2D eigenvalue weighted by Gasteiger charge is 2.17. The van der Waals surface area contributed by atoms with Crippen molar-refractivity contribution in [2.75, 3.05) is 39.9 Å². The Morgan fingerprint density at radius 2 is 1.83 bits per heavy atom. The van der Waals surface area contributed by atoms with Crippen molar-refractivity contribution in [2.45, 2.75) is 47.0 Å². The molecule has 0 atom stereocenters. The van der Waals surface area contributed by atoms with Crippen molar-refractivity contribution in [1.82, 2.24) is 4.90 Å². The van der Waals surface area contributed by atoms with Crippen molar-refractivity contribution >= 4 is 0 Å². The third kappa shape index (κ3) is 9.86. The quantitative estimate of drug-likeness (QED) is 0.619. The molecule has 0 amide bonds. The van der Waals surface area contributed by atoms with Gasteiger partial charge in [0.05, 0.1) is 6.61 Å². The first-order chi connectivity index (χ1) is 8.41. The maximum absolute atomic E-state index is 5.65. The van der Waals surface area contributed by atoms with E-state index in [-0.39, 0.29) is 0 Å². The molecule has 0 saturated heterocycles. The largest absolute Gasteiger partial charge is 0.383 e. The van der Waals surface area contributed by atoms with Crippen molar-refractivity contribution in [3.8, 4) is 0 Å². The van der Waals surface area contributed by atoms with Crippen molar-refractivity contribution in [3.05, 3.63) is 0 Å². The van der Waals surface area contributed by atoms with Crippen LogP contribution in [0.4, 0.5) is 0 Å². The molecule has 3 heteroatoms. The number of ether oxygens (including phenoxy) is 1. The molecule has 110 valence electrons. The van der Waals surface area contributed by atoms with E-state index < -0.39 is 0 Å². The summed E-state index contributed by atoms with van der Waals surface area (Å²) in [5.74, 6) is 0.721. The van der Waals surface area contributed by atoms with Gasteiger partial charge in [0, 0.05) is 20.2 Å². The summed E-state index contributed by atoms with van der Waals surface area (Å²) in [5, 5.41) is 0. The van der Waals surface area contributed by atoms with E-state index in [1.165, 1.54) is 25.9 Å². The monoisotopic (exact) mass is 258 g/mol. The van der Waals surface area contributed by atoms with E-state index in [9.17, 15) is 0 Å². The summed E-state index contributed by atoms with van der Waals surface area (Å²) >= 11 is 0. The number of hydrogen-bond donors (Lipinski definition) is 1. The van der Waals surface area contributed by atoms with E-state index in [1.54, 1.807) is 7.11 Å². The van der Waals surface area contributed by atoms with E-state index >= 15 is 0 Å². The molecule has 0 fully saturated rings. The minimum Gasteiger partial charge on any atom is -0.383 e. The SMILES string of the molecule is COCCN(CCCC(C)(C)CCN)CC(C)C. The Balaban J connectivity index is 3.94. The molecule has 0 rings (SSSR count). The summed E-state index contributed by atoms with van der Waals surface area (Å²) in [7, 11) is 1.78. The zero-order valence-electron chi connectivity index (χ0n) is 13.2. The van der Waals surface area contributed by atoms with Crippen molar-refractivity contribution in [2.24, 2.45) is 17.1 Å². The van der Waals surface area contributed by atoms with Gasteiger partial charge in [0.15, 0.2) is 0 Å². The lowest BCUT2D eigenvalue weighted by molar-refractivity contribution is 0.135. The number of methoxy groups -OCH3 is 1. The zero-order valence-corrected chi connectivity index (χ0v) is 13.2. The molecule has 3 nitrogen and oxygen atoms in total. The van der Waals surface area contributed by atoms with Crippen LogP contribution in [0.3, 0.4) is 0 Å². The summed E-state index contributed by atoms with van der Waals surface area (Å²) in [6.45, 7) is 14.2. The van der Waals surface area contributed by atoms with Gasteiger partial charge in [-0.1, -0.05) is 27.7 Å². The molecule has 0 aromatic rings. The van der Waals surface area contributed by atoms with Crippen LogP contribution in [-0.2, 0) is 4.74 Å². The highest BCUT2D eigenvalue weighted by atomic mass is 16.5. The lowest BCUT2D eigenvalue weighted by Crippen LogP contribution is -2.32. The van der Waals surface area contributed by atoms with Gasteiger partial charge in [0.25, 0.3) is 0 Å². The van der Waals surface area contributed by atoms with E-state index in [1.807, 2.05) is 0 Å². The highest BCUT2D eigenvalue weighted by Crippen LogP contribution is 2.25. The van der Waals surface area contributed by atoms with E-state index in [2.05, 4.69) is 32.6 Å². The number of hydrogen-bond acceptors (Lipinski definition) is 3. The van der Waals surface area contributed by atoms with Crippen LogP contribution in [0.25, 0.3) is 0 Å². The second-order valence-electron chi connectivity index (χ2n) is 6.49. The predicted octanol–water partition coefficient (Wildman–Crippen LogP) is 2.75. The normalized spacial score (nSPS) is 12.7. The second-order valence-corrected chi connectivity index (χ2v) is 6.49. The van der Waals surface area contributed by atoms with Crippen LogP contribution in [0.1, 0.15) is 47.0 Å². The Hall–Kier alpha value is -0.120. The van der Waals surface area contributed by atoms with Crippen molar-refractivity contribution < 1.29 is 4.74 Å². The van der Waals surface area contributed by atoms with Gasteiger partial charge < -0.3 is 15.4 Å². The Morgan fingerprint density at radius 3 is 2.33 bits per heavy atom. The minimum absolute atomic E-state index is 0.388. The summed E-state index contributed by atoms with van der Waals surface area (Å²) in [5.41, 5.74) is 6.04. The molecular formula is C15H34N2O. The minimum atomic E-state index is 0.388. The molecule has 0 unspecified atom stereocenters. The van der Waals surface area contributed by atoms with Gasteiger partial charge in [-0.05, 0) is 43.7 Å². The fourth-order valence-electron chi connectivity index (χ4n) is 2.33. The Labute approximate surface area is 114 Å². The Kier molecular flexibility index (Phi) is 9.70. The first kappa shape index (κ1) is 17.9. The molecule has 0 saturated carbocycles. The maximum Gasteiger partial charge on any atom is 0.0589 e. The summed E-state index contributed by atoms with van der Waals surface area (Å²) < 4.78 is 5.18. The smallest absolute Gasteiger partial charge is 0.0589 e. The topological polar surface area (TPSA) is 38.5 Å². The lowest BCUT2D eigenvalue weighted by Gasteiger charge is -2.28. The number of rotatable bonds is 11. The van der Waals surface area contributed by atoms with Crippen LogP contribution < -0.4 is 5.73 Å². The first-order valence-electron chi connectivity index (χ1n) is 7.32. The summed E-state index contributed by atoms with van der Waals surface area (Å²) in [6, 6.07) is 0. The maximum atomic E-state index is 5.65. The van der Waals surface area contributed by atoms with Gasteiger partial charge in [-0.2, -0.15) is 0 Å². The fraction of sp³-hybridized carbons (Fsp3) is 1.00. The molecular weight excluding hydrogens is 224 g/mol. The third-order valence-corrected chi connectivity index (χ3v) is 3.38. The van der Waals surface area contributed by atoms with Gasteiger partial charge in [-0.15, -0.1) is 0 Å². The standard InChI is InChI=1S/C15H34N2O/c1-14(2)13-17(11-12-18-5)10-6-7-15(3,4)8-9-16/h14H,6-13,16H2,1-5H3. The molecule has 0 radical (unpaired) electrons. The molecule has 0 spiro atoms. The number of nitrogens with zero attached hydrogens (tertiary/aromatic N) is 1. The molecule has 0 aliphatic heterocycles. The van der Waals surface area contributed by atoms with Crippen LogP contribution in [-0.4, -0.2) is 44.8 Å². The molecule has 0 aromatic heterocycles. The van der Waals surface area contributed by atoms with E-state index in [0.717, 1.165) is 32.0 Å². The molecule has 0 heterocycles.